The van der Waals surface area contributed by atoms with Gasteiger partial charge < -0.3 is 9.47 Å². The van der Waals surface area contributed by atoms with Gasteiger partial charge in [0.2, 0.25) is 0 Å². The lowest BCUT2D eigenvalue weighted by atomic mass is 10.2. The maximum Gasteiger partial charge on any atom is 0.0480 e. The van der Waals surface area contributed by atoms with Crippen molar-refractivity contribution in [2.45, 2.75) is 25.4 Å². The average molecular weight is 214 g/mol. The number of likely N-dealkylation sites (N-methyl/N-ethyl adjacent to an activating group) is 1. The molecule has 0 unspecified atom stereocenters. The molecule has 16 heavy (non-hydrogen) atoms. The van der Waals surface area contributed by atoms with Crippen LogP contribution >= 0.6 is 0 Å². The Bertz CT molecular complexity index is 482. The summed E-state index contributed by atoms with van der Waals surface area (Å²) in [5, 5.41) is 1.34. The molecule has 0 atom stereocenters. The molecule has 2 heteroatoms. The second kappa shape index (κ2) is 3.95. The number of fused-ring (bicyclic) bond motifs is 1. The van der Waals surface area contributed by atoms with Crippen molar-refractivity contribution in [2.75, 3.05) is 13.6 Å². The third kappa shape index (κ3) is 1.85. The fourth-order valence-corrected chi connectivity index (χ4v) is 2.30. The van der Waals surface area contributed by atoms with Crippen LogP contribution in [0.15, 0.2) is 36.5 Å². The molecular formula is C14H18N2. The molecule has 1 saturated carbocycles. The van der Waals surface area contributed by atoms with Gasteiger partial charge in [-0.25, -0.2) is 0 Å². The van der Waals surface area contributed by atoms with Gasteiger partial charge in [0.1, 0.15) is 0 Å². The zero-order chi connectivity index (χ0) is 11.0. The molecule has 0 N–H and O–H groups in total. The molecule has 1 heterocycles. The number of aromatic nitrogens is 1. The topological polar surface area (TPSA) is 8.17 Å². The predicted octanol–water partition coefficient (Wildman–Crippen LogP) is 2.74. The fraction of sp³-hybridized carbons (Fsp3) is 0.429. The molecule has 0 amide bonds. The zero-order valence-electron chi connectivity index (χ0n) is 9.76. The molecule has 2 nitrogen and oxygen atoms in total. The van der Waals surface area contributed by atoms with Crippen LogP contribution in [0.1, 0.15) is 12.8 Å². The molecule has 1 aromatic heterocycles. The first-order chi connectivity index (χ1) is 7.84. The smallest absolute Gasteiger partial charge is 0.0480 e. The van der Waals surface area contributed by atoms with Gasteiger partial charge in [0, 0.05) is 30.8 Å². The van der Waals surface area contributed by atoms with E-state index in [2.05, 4.69) is 53.0 Å². The van der Waals surface area contributed by atoms with Crippen molar-refractivity contribution < 1.29 is 0 Å². The van der Waals surface area contributed by atoms with E-state index in [0.717, 1.165) is 19.1 Å². The lowest BCUT2D eigenvalue weighted by molar-refractivity contribution is 0.311. The highest BCUT2D eigenvalue weighted by atomic mass is 15.2. The molecule has 84 valence electrons. The summed E-state index contributed by atoms with van der Waals surface area (Å²) in [4.78, 5) is 2.48. The number of hydrogen-bond acceptors (Lipinski definition) is 1. The molecule has 1 aliphatic rings. The molecule has 2 aromatic rings. The van der Waals surface area contributed by atoms with Crippen LogP contribution in [0.3, 0.4) is 0 Å². The Hall–Kier alpha value is -1.28. The van der Waals surface area contributed by atoms with Gasteiger partial charge in [0.25, 0.3) is 0 Å². The molecule has 3 rings (SSSR count). The van der Waals surface area contributed by atoms with E-state index in [1.54, 1.807) is 0 Å². The Balaban J connectivity index is 1.73. The van der Waals surface area contributed by atoms with Gasteiger partial charge in [-0.3, -0.25) is 0 Å². The first kappa shape index (κ1) is 9.91. The van der Waals surface area contributed by atoms with Gasteiger partial charge in [-0.15, -0.1) is 0 Å². The molecule has 1 aliphatic carbocycles. The first-order valence-electron chi connectivity index (χ1n) is 6.09. The minimum atomic E-state index is 0.863. The Morgan fingerprint density at radius 1 is 1.25 bits per heavy atom. The maximum atomic E-state index is 2.48. The Labute approximate surface area is 96.5 Å². The minimum absolute atomic E-state index is 0.863. The van der Waals surface area contributed by atoms with Crippen LogP contribution in [-0.4, -0.2) is 29.1 Å². The van der Waals surface area contributed by atoms with Gasteiger partial charge >= 0.3 is 0 Å². The van der Waals surface area contributed by atoms with E-state index in [1.165, 1.54) is 23.7 Å². The summed E-state index contributed by atoms with van der Waals surface area (Å²) in [5.74, 6) is 0. The molecule has 0 spiro atoms. The number of nitrogens with zero attached hydrogens (tertiary/aromatic N) is 2. The summed E-state index contributed by atoms with van der Waals surface area (Å²) >= 11 is 0. The van der Waals surface area contributed by atoms with E-state index in [0.29, 0.717) is 0 Å². The Morgan fingerprint density at radius 3 is 2.88 bits per heavy atom. The van der Waals surface area contributed by atoms with Crippen molar-refractivity contribution in [1.82, 2.24) is 9.47 Å². The quantitative estimate of drug-likeness (QED) is 0.759. The summed E-state index contributed by atoms with van der Waals surface area (Å²) in [6.45, 7) is 2.25. The van der Waals surface area contributed by atoms with Gasteiger partial charge in [0.15, 0.2) is 0 Å². The van der Waals surface area contributed by atoms with Crippen LogP contribution in [0.2, 0.25) is 0 Å². The zero-order valence-corrected chi connectivity index (χ0v) is 9.76. The van der Waals surface area contributed by atoms with Crippen LogP contribution in [0.4, 0.5) is 0 Å². The van der Waals surface area contributed by atoms with E-state index >= 15 is 0 Å². The highest BCUT2D eigenvalue weighted by Crippen LogP contribution is 2.25. The number of benzene rings is 1. The number of rotatable bonds is 4. The minimum Gasteiger partial charge on any atom is -0.346 e. The van der Waals surface area contributed by atoms with Crippen molar-refractivity contribution in [3.05, 3.63) is 36.5 Å². The van der Waals surface area contributed by atoms with Crippen molar-refractivity contribution in [3.8, 4) is 0 Å². The molecule has 0 radical (unpaired) electrons. The van der Waals surface area contributed by atoms with Crippen LogP contribution in [0.5, 0.6) is 0 Å². The van der Waals surface area contributed by atoms with Crippen molar-refractivity contribution in [1.29, 1.82) is 0 Å². The highest BCUT2D eigenvalue weighted by Gasteiger charge is 2.25. The van der Waals surface area contributed by atoms with Gasteiger partial charge in [-0.05, 0) is 37.4 Å². The third-order valence-electron chi connectivity index (χ3n) is 3.54. The van der Waals surface area contributed by atoms with Gasteiger partial charge in [0.05, 0.1) is 0 Å². The van der Waals surface area contributed by atoms with E-state index < -0.39 is 0 Å². The summed E-state index contributed by atoms with van der Waals surface area (Å²) in [6.07, 6.45) is 4.98. The summed E-state index contributed by atoms with van der Waals surface area (Å²) in [7, 11) is 2.24. The lowest BCUT2D eigenvalue weighted by Gasteiger charge is -2.16. The second-order valence-electron chi connectivity index (χ2n) is 4.78. The SMILES string of the molecule is CN(CCn1ccc2ccccc21)C1CC1. The Morgan fingerprint density at radius 2 is 2.06 bits per heavy atom. The van der Waals surface area contributed by atoms with E-state index in [-0.39, 0.29) is 0 Å². The largest absolute Gasteiger partial charge is 0.346 e. The van der Waals surface area contributed by atoms with Crippen molar-refractivity contribution in [2.24, 2.45) is 0 Å². The fourth-order valence-electron chi connectivity index (χ4n) is 2.30. The second-order valence-corrected chi connectivity index (χ2v) is 4.78. The first-order valence-corrected chi connectivity index (χ1v) is 6.09. The van der Waals surface area contributed by atoms with E-state index in [4.69, 9.17) is 0 Å². The predicted molar refractivity (Wildman–Crippen MR) is 67.6 cm³/mol. The molecule has 1 fully saturated rings. The van der Waals surface area contributed by atoms with E-state index in [1.807, 2.05) is 0 Å². The van der Waals surface area contributed by atoms with Crippen LogP contribution in [-0.2, 0) is 6.54 Å². The van der Waals surface area contributed by atoms with Crippen LogP contribution in [0, 0.1) is 0 Å². The molecule has 0 saturated heterocycles. The molecular weight excluding hydrogens is 196 g/mol. The normalized spacial score (nSPS) is 16.1. The highest BCUT2D eigenvalue weighted by molar-refractivity contribution is 5.79. The summed E-state index contributed by atoms with van der Waals surface area (Å²) in [5.41, 5.74) is 1.35. The molecule has 0 aliphatic heterocycles. The third-order valence-corrected chi connectivity index (χ3v) is 3.54. The van der Waals surface area contributed by atoms with Crippen molar-refractivity contribution >= 4 is 10.9 Å². The Kier molecular flexibility index (Phi) is 2.44. The lowest BCUT2D eigenvalue weighted by Crippen LogP contribution is -2.24. The van der Waals surface area contributed by atoms with Crippen LogP contribution < -0.4 is 0 Å². The van der Waals surface area contributed by atoms with Crippen LogP contribution in [0.25, 0.3) is 10.9 Å². The standard InChI is InChI=1S/C14H18N2/c1-15(13-6-7-13)10-11-16-9-8-12-4-2-3-5-14(12)16/h2-5,8-9,13H,6-7,10-11H2,1H3. The number of para-hydroxylation sites is 1. The van der Waals surface area contributed by atoms with E-state index in [9.17, 15) is 0 Å². The monoisotopic (exact) mass is 214 g/mol. The van der Waals surface area contributed by atoms with Gasteiger partial charge in [-0.2, -0.15) is 0 Å². The van der Waals surface area contributed by atoms with Gasteiger partial charge in [-0.1, -0.05) is 18.2 Å². The summed E-state index contributed by atoms with van der Waals surface area (Å²) < 4.78 is 2.36. The molecule has 0 bridgehead atoms. The maximum absolute atomic E-state index is 2.48. The average Bonchev–Trinajstić information content (AvgIpc) is 3.08. The van der Waals surface area contributed by atoms with Crippen molar-refractivity contribution in [3.63, 3.8) is 0 Å². The molecule has 1 aromatic carbocycles. The number of hydrogen-bond donors (Lipinski definition) is 0. The summed E-state index contributed by atoms with van der Waals surface area (Å²) in [6, 6.07) is 11.7.